The van der Waals surface area contributed by atoms with E-state index < -0.39 is 0 Å². The highest BCUT2D eigenvalue weighted by Gasteiger charge is 2.47. The molecule has 2 N–H and O–H groups in total. The molecule has 2 aliphatic rings. The Labute approximate surface area is 135 Å². The zero-order chi connectivity index (χ0) is 15.0. The van der Waals surface area contributed by atoms with Gasteiger partial charge in [-0.15, -0.1) is 0 Å². The Morgan fingerprint density at radius 2 is 2.10 bits per heavy atom. The largest absolute Gasteiger partial charge is 0.335 e. The van der Waals surface area contributed by atoms with Crippen molar-refractivity contribution in [1.82, 2.24) is 4.90 Å². The van der Waals surface area contributed by atoms with Crippen molar-refractivity contribution in [3.63, 3.8) is 0 Å². The van der Waals surface area contributed by atoms with Crippen LogP contribution in [0.3, 0.4) is 0 Å². The predicted octanol–water partition coefficient (Wildman–Crippen LogP) is 3.46. The van der Waals surface area contributed by atoms with Gasteiger partial charge in [0, 0.05) is 23.1 Å². The van der Waals surface area contributed by atoms with Gasteiger partial charge in [0.05, 0.1) is 5.41 Å². The highest BCUT2D eigenvalue weighted by atomic mass is 79.9. The molecule has 2 fully saturated rings. The van der Waals surface area contributed by atoms with Crippen molar-refractivity contribution in [2.45, 2.75) is 57.7 Å². The monoisotopic (exact) mass is 350 g/mol. The second-order valence-electron chi connectivity index (χ2n) is 6.67. The summed E-state index contributed by atoms with van der Waals surface area (Å²) in [7, 11) is 0. The third-order valence-electron chi connectivity index (χ3n) is 5.07. The predicted molar refractivity (Wildman–Crippen MR) is 87.6 cm³/mol. The van der Waals surface area contributed by atoms with Crippen LogP contribution in [0.5, 0.6) is 0 Å². The lowest BCUT2D eigenvalue weighted by molar-refractivity contribution is -0.143. The third-order valence-corrected chi connectivity index (χ3v) is 5.84. The molecule has 0 bridgehead atoms. The summed E-state index contributed by atoms with van der Waals surface area (Å²) >= 11 is 3.59. The molecule has 2 aliphatic carbocycles. The van der Waals surface area contributed by atoms with E-state index in [2.05, 4.69) is 33.8 Å². The lowest BCUT2D eigenvalue weighted by Gasteiger charge is -2.35. The number of hydrogen-bond donors (Lipinski definition) is 1. The summed E-state index contributed by atoms with van der Waals surface area (Å²) in [5.41, 5.74) is 7.04. The first-order valence-corrected chi connectivity index (χ1v) is 8.62. The third kappa shape index (κ3) is 2.88. The van der Waals surface area contributed by atoms with Gasteiger partial charge in [0.25, 0.3) is 0 Å². The Hall–Kier alpha value is -0.870. The average molecular weight is 351 g/mol. The van der Waals surface area contributed by atoms with E-state index in [9.17, 15) is 4.79 Å². The molecule has 2 unspecified atom stereocenters. The number of nitrogens with two attached hydrogens (primary N) is 1. The van der Waals surface area contributed by atoms with E-state index in [1.165, 1.54) is 5.56 Å². The number of benzene rings is 1. The second-order valence-corrected chi connectivity index (χ2v) is 7.53. The molecule has 0 spiro atoms. The van der Waals surface area contributed by atoms with Gasteiger partial charge < -0.3 is 10.6 Å². The second kappa shape index (κ2) is 5.73. The Kier molecular flexibility index (Phi) is 4.10. The minimum Gasteiger partial charge on any atom is -0.335 e. The Bertz CT molecular complexity index is 543. The van der Waals surface area contributed by atoms with E-state index in [-0.39, 0.29) is 17.4 Å². The molecule has 3 rings (SSSR count). The molecule has 2 saturated carbocycles. The summed E-state index contributed by atoms with van der Waals surface area (Å²) in [6, 6.07) is 8.57. The fraction of sp³-hybridized carbons (Fsp3) is 0.588. The normalized spacial score (nSPS) is 28.6. The van der Waals surface area contributed by atoms with Crippen molar-refractivity contribution >= 4 is 21.8 Å². The van der Waals surface area contributed by atoms with Crippen LogP contribution in [0.2, 0.25) is 0 Å². The SMILES string of the molecule is CC1(C(=O)N(Cc2ccccc2Br)C2CC2)CCCC1N. The van der Waals surface area contributed by atoms with E-state index in [0.717, 1.165) is 36.6 Å². The fourth-order valence-electron chi connectivity index (χ4n) is 3.35. The lowest BCUT2D eigenvalue weighted by atomic mass is 9.83. The molecule has 2 atom stereocenters. The van der Waals surface area contributed by atoms with Crippen LogP contribution in [0, 0.1) is 5.41 Å². The lowest BCUT2D eigenvalue weighted by Crippen LogP contribution is -2.49. The summed E-state index contributed by atoms with van der Waals surface area (Å²) in [4.78, 5) is 15.2. The number of carbonyl (C=O) groups excluding carboxylic acids is 1. The van der Waals surface area contributed by atoms with Gasteiger partial charge in [-0.2, -0.15) is 0 Å². The molecule has 21 heavy (non-hydrogen) atoms. The molecule has 0 heterocycles. The number of halogens is 1. The van der Waals surface area contributed by atoms with Gasteiger partial charge >= 0.3 is 0 Å². The minimum atomic E-state index is -0.371. The zero-order valence-electron chi connectivity index (χ0n) is 12.5. The molecule has 4 heteroatoms. The molecule has 1 aromatic carbocycles. The molecule has 0 aromatic heterocycles. The van der Waals surface area contributed by atoms with Gasteiger partial charge in [-0.1, -0.05) is 40.5 Å². The minimum absolute atomic E-state index is 0.00506. The zero-order valence-corrected chi connectivity index (χ0v) is 14.1. The molecule has 1 amide bonds. The summed E-state index contributed by atoms with van der Waals surface area (Å²) in [6.45, 7) is 2.75. The number of nitrogens with zero attached hydrogens (tertiary/aromatic N) is 1. The Morgan fingerprint density at radius 1 is 1.38 bits per heavy atom. The molecular weight excluding hydrogens is 328 g/mol. The summed E-state index contributed by atoms with van der Waals surface area (Å²) in [6.07, 6.45) is 5.21. The van der Waals surface area contributed by atoms with Gasteiger partial charge in [0.2, 0.25) is 5.91 Å². The number of amides is 1. The first kappa shape index (κ1) is 15.0. The number of hydrogen-bond acceptors (Lipinski definition) is 2. The average Bonchev–Trinajstić information content (AvgIpc) is 3.24. The van der Waals surface area contributed by atoms with E-state index in [1.54, 1.807) is 0 Å². The molecule has 0 radical (unpaired) electrons. The highest BCUT2D eigenvalue weighted by molar-refractivity contribution is 9.10. The van der Waals surface area contributed by atoms with Crippen molar-refractivity contribution in [2.24, 2.45) is 11.1 Å². The maximum Gasteiger partial charge on any atom is 0.230 e. The maximum absolute atomic E-state index is 13.1. The van der Waals surface area contributed by atoms with Crippen LogP contribution in [-0.2, 0) is 11.3 Å². The standard InChI is InChI=1S/C17H23BrN2O/c1-17(10-4-7-15(17)19)16(21)20(13-8-9-13)11-12-5-2-3-6-14(12)18/h2-3,5-6,13,15H,4,7-11,19H2,1H3. The first-order chi connectivity index (χ1) is 10.0. The molecule has 1 aromatic rings. The Balaban J connectivity index is 1.82. The van der Waals surface area contributed by atoms with Crippen LogP contribution < -0.4 is 5.73 Å². The topological polar surface area (TPSA) is 46.3 Å². The van der Waals surface area contributed by atoms with Crippen LogP contribution in [0.4, 0.5) is 0 Å². The summed E-state index contributed by atoms with van der Waals surface area (Å²) in [5, 5.41) is 0. The number of rotatable bonds is 4. The molecule has 0 saturated heterocycles. The summed E-state index contributed by atoms with van der Waals surface area (Å²) < 4.78 is 1.07. The molecular formula is C17H23BrN2O. The Morgan fingerprint density at radius 3 is 2.67 bits per heavy atom. The van der Waals surface area contributed by atoms with E-state index in [0.29, 0.717) is 12.6 Å². The van der Waals surface area contributed by atoms with Gasteiger partial charge in [-0.05, 0) is 44.2 Å². The quantitative estimate of drug-likeness (QED) is 0.903. The molecule has 0 aliphatic heterocycles. The molecule has 3 nitrogen and oxygen atoms in total. The maximum atomic E-state index is 13.1. The molecule has 114 valence electrons. The van der Waals surface area contributed by atoms with Crippen LogP contribution in [-0.4, -0.2) is 22.9 Å². The van der Waals surface area contributed by atoms with Crippen molar-refractivity contribution in [3.05, 3.63) is 34.3 Å². The smallest absolute Gasteiger partial charge is 0.230 e. The van der Waals surface area contributed by atoms with Gasteiger partial charge in [0.1, 0.15) is 0 Å². The van der Waals surface area contributed by atoms with Crippen LogP contribution in [0.1, 0.15) is 44.6 Å². The van der Waals surface area contributed by atoms with Crippen molar-refractivity contribution in [1.29, 1.82) is 0 Å². The van der Waals surface area contributed by atoms with E-state index >= 15 is 0 Å². The van der Waals surface area contributed by atoms with Crippen molar-refractivity contribution < 1.29 is 4.79 Å². The van der Waals surface area contributed by atoms with Crippen LogP contribution in [0.15, 0.2) is 28.7 Å². The summed E-state index contributed by atoms with van der Waals surface area (Å²) in [5.74, 6) is 0.255. The van der Waals surface area contributed by atoms with Crippen molar-refractivity contribution in [2.75, 3.05) is 0 Å². The van der Waals surface area contributed by atoms with Gasteiger partial charge in [-0.25, -0.2) is 0 Å². The fourth-order valence-corrected chi connectivity index (χ4v) is 3.76. The van der Waals surface area contributed by atoms with Crippen LogP contribution >= 0.6 is 15.9 Å². The van der Waals surface area contributed by atoms with E-state index in [1.807, 2.05) is 18.2 Å². The number of carbonyl (C=O) groups is 1. The van der Waals surface area contributed by atoms with Gasteiger partial charge in [0.15, 0.2) is 0 Å². The first-order valence-electron chi connectivity index (χ1n) is 7.82. The van der Waals surface area contributed by atoms with Gasteiger partial charge in [-0.3, -0.25) is 4.79 Å². The van der Waals surface area contributed by atoms with E-state index in [4.69, 9.17) is 5.73 Å². The van der Waals surface area contributed by atoms with Crippen LogP contribution in [0.25, 0.3) is 0 Å². The van der Waals surface area contributed by atoms with Crippen molar-refractivity contribution in [3.8, 4) is 0 Å². The highest BCUT2D eigenvalue weighted by Crippen LogP contribution is 2.41.